The number of hydrogen-bond donors (Lipinski definition) is 1. The second-order valence-electron chi connectivity index (χ2n) is 5.86. The van der Waals surface area contributed by atoms with Crippen molar-refractivity contribution in [2.45, 2.75) is 6.92 Å². The van der Waals surface area contributed by atoms with Crippen molar-refractivity contribution in [2.24, 2.45) is 0 Å². The highest BCUT2D eigenvalue weighted by Gasteiger charge is 2.17. The molecule has 0 saturated carbocycles. The lowest BCUT2D eigenvalue weighted by atomic mass is 10.1. The summed E-state index contributed by atoms with van der Waals surface area (Å²) >= 11 is 3.15. The van der Waals surface area contributed by atoms with Crippen molar-refractivity contribution in [2.75, 3.05) is 5.32 Å². The first-order valence-electron chi connectivity index (χ1n) is 8.19. The molecule has 5 heteroatoms. The Bertz CT molecular complexity index is 1040. The average molecular weight is 377 g/mol. The van der Waals surface area contributed by atoms with E-state index in [1.165, 1.54) is 11.3 Å². The first-order valence-corrected chi connectivity index (χ1v) is 9.88. The zero-order valence-electron chi connectivity index (χ0n) is 14.1. The van der Waals surface area contributed by atoms with Crippen LogP contribution in [0.1, 0.15) is 15.9 Å². The molecule has 0 radical (unpaired) electrons. The number of carbonyl (C=O) groups is 1. The molecule has 0 aliphatic heterocycles. The van der Waals surface area contributed by atoms with Crippen LogP contribution in [0.15, 0.2) is 72.1 Å². The van der Waals surface area contributed by atoms with Crippen molar-refractivity contribution in [3.63, 3.8) is 0 Å². The molecule has 0 spiro atoms. The van der Waals surface area contributed by atoms with Crippen molar-refractivity contribution in [3.8, 4) is 21.0 Å². The zero-order valence-corrected chi connectivity index (χ0v) is 15.7. The highest BCUT2D eigenvalue weighted by atomic mass is 32.1. The third-order valence-corrected chi connectivity index (χ3v) is 5.81. The SMILES string of the molecule is Cc1cccc(C(=O)Nc2nc(-c3cccs3)c(-c3ccccc3)s2)c1. The Balaban J connectivity index is 1.70. The van der Waals surface area contributed by atoms with E-state index in [0.29, 0.717) is 10.7 Å². The highest BCUT2D eigenvalue weighted by molar-refractivity contribution is 7.20. The number of nitrogens with zero attached hydrogens (tertiary/aromatic N) is 1. The third-order valence-electron chi connectivity index (χ3n) is 3.92. The van der Waals surface area contributed by atoms with Gasteiger partial charge in [0.25, 0.3) is 5.91 Å². The van der Waals surface area contributed by atoms with Crippen LogP contribution in [0.4, 0.5) is 5.13 Å². The number of thiophene rings is 1. The summed E-state index contributed by atoms with van der Waals surface area (Å²) in [6, 6.07) is 21.8. The summed E-state index contributed by atoms with van der Waals surface area (Å²) in [5.41, 5.74) is 3.71. The number of amides is 1. The molecular formula is C21H16N2OS2. The first kappa shape index (κ1) is 16.7. The Morgan fingerprint density at radius 2 is 1.85 bits per heavy atom. The average Bonchev–Trinajstić information content (AvgIpc) is 3.32. The van der Waals surface area contributed by atoms with Crippen molar-refractivity contribution < 1.29 is 4.79 Å². The van der Waals surface area contributed by atoms with E-state index in [0.717, 1.165) is 26.6 Å². The van der Waals surface area contributed by atoms with Gasteiger partial charge in [0, 0.05) is 5.56 Å². The van der Waals surface area contributed by atoms with E-state index in [1.807, 2.05) is 60.8 Å². The van der Waals surface area contributed by atoms with Crippen LogP contribution >= 0.6 is 22.7 Å². The van der Waals surface area contributed by atoms with E-state index in [1.54, 1.807) is 11.3 Å². The number of aromatic nitrogens is 1. The Morgan fingerprint density at radius 1 is 1.00 bits per heavy atom. The summed E-state index contributed by atoms with van der Waals surface area (Å²) in [7, 11) is 0. The molecule has 1 amide bonds. The fourth-order valence-electron chi connectivity index (χ4n) is 2.69. The monoisotopic (exact) mass is 376 g/mol. The molecule has 26 heavy (non-hydrogen) atoms. The molecule has 3 nitrogen and oxygen atoms in total. The summed E-state index contributed by atoms with van der Waals surface area (Å²) in [6.07, 6.45) is 0. The zero-order chi connectivity index (χ0) is 17.9. The van der Waals surface area contributed by atoms with E-state index < -0.39 is 0 Å². The number of anilines is 1. The van der Waals surface area contributed by atoms with E-state index in [-0.39, 0.29) is 5.91 Å². The molecule has 0 aliphatic rings. The molecular weight excluding hydrogens is 360 g/mol. The number of aryl methyl sites for hydroxylation is 1. The molecule has 0 saturated heterocycles. The van der Waals surface area contributed by atoms with Crippen LogP contribution in [-0.2, 0) is 0 Å². The van der Waals surface area contributed by atoms with Gasteiger partial charge in [-0.25, -0.2) is 4.98 Å². The molecule has 0 fully saturated rings. The quantitative estimate of drug-likeness (QED) is 0.467. The number of nitrogens with one attached hydrogen (secondary N) is 1. The number of hydrogen-bond acceptors (Lipinski definition) is 4. The van der Waals surface area contributed by atoms with Gasteiger partial charge in [0.2, 0.25) is 0 Å². The number of thiazole rings is 1. The third kappa shape index (κ3) is 3.45. The predicted molar refractivity (Wildman–Crippen MR) is 110 cm³/mol. The maximum atomic E-state index is 12.6. The highest BCUT2D eigenvalue weighted by Crippen LogP contribution is 2.40. The Kier molecular flexibility index (Phi) is 4.65. The van der Waals surface area contributed by atoms with Gasteiger partial charge < -0.3 is 0 Å². The molecule has 0 atom stereocenters. The number of benzene rings is 2. The fourth-order valence-corrected chi connectivity index (χ4v) is 4.46. The molecule has 2 aromatic carbocycles. The fraction of sp³-hybridized carbons (Fsp3) is 0.0476. The van der Waals surface area contributed by atoms with E-state index in [9.17, 15) is 4.79 Å². The van der Waals surface area contributed by atoms with Gasteiger partial charge in [-0.05, 0) is 36.1 Å². The van der Waals surface area contributed by atoms with Gasteiger partial charge in [0.1, 0.15) is 5.69 Å². The molecule has 4 rings (SSSR count). The van der Waals surface area contributed by atoms with E-state index in [2.05, 4.69) is 23.5 Å². The van der Waals surface area contributed by atoms with Crippen LogP contribution in [0, 0.1) is 6.92 Å². The molecule has 128 valence electrons. The normalized spacial score (nSPS) is 10.7. The molecule has 0 unspecified atom stereocenters. The van der Waals surface area contributed by atoms with E-state index in [4.69, 9.17) is 4.98 Å². The topological polar surface area (TPSA) is 42.0 Å². The molecule has 2 heterocycles. The van der Waals surface area contributed by atoms with Gasteiger partial charge in [-0.1, -0.05) is 65.4 Å². The summed E-state index contributed by atoms with van der Waals surface area (Å²) in [4.78, 5) is 19.4. The van der Waals surface area contributed by atoms with E-state index >= 15 is 0 Å². The summed E-state index contributed by atoms with van der Waals surface area (Å²) < 4.78 is 0. The largest absolute Gasteiger partial charge is 0.298 e. The molecule has 0 aliphatic carbocycles. The molecule has 4 aromatic rings. The Morgan fingerprint density at radius 3 is 2.58 bits per heavy atom. The summed E-state index contributed by atoms with van der Waals surface area (Å²) in [5, 5.41) is 5.60. The van der Waals surface area contributed by atoms with Crippen LogP contribution in [0.5, 0.6) is 0 Å². The smallest absolute Gasteiger partial charge is 0.257 e. The van der Waals surface area contributed by atoms with Crippen LogP contribution in [0.2, 0.25) is 0 Å². The lowest BCUT2D eigenvalue weighted by molar-refractivity contribution is 0.102. The van der Waals surface area contributed by atoms with Crippen LogP contribution in [0.3, 0.4) is 0 Å². The number of rotatable bonds is 4. The van der Waals surface area contributed by atoms with Crippen molar-refractivity contribution in [3.05, 3.63) is 83.2 Å². The van der Waals surface area contributed by atoms with Gasteiger partial charge in [-0.15, -0.1) is 11.3 Å². The second-order valence-corrected chi connectivity index (χ2v) is 7.81. The van der Waals surface area contributed by atoms with Gasteiger partial charge in [0.15, 0.2) is 5.13 Å². The van der Waals surface area contributed by atoms with Gasteiger partial charge >= 0.3 is 0 Å². The molecule has 0 bridgehead atoms. The Labute approximate surface area is 160 Å². The van der Waals surface area contributed by atoms with Crippen molar-refractivity contribution >= 4 is 33.7 Å². The molecule has 1 N–H and O–H groups in total. The predicted octanol–water partition coefficient (Wildman–Crippen LogP) is 6.10. The minimum atomic E-state index is -0.139. The van der Waals surface area contributed by atoms with Gasteiger partial charge in [-0.3, -0.25) is 10.1 Å². The maximum absolute atomic E-state index is 12.6. The maximum Gasteiger partial charge on any atom is 0.257 e. The summed E-state index contributed by atoms with van der Waals surface area (Å²) in [5.74, 6) is -0.139. The first-order chi connectivity index (χ1) is 12.7. The molecule has 2 aromatic heterocycles. The number of carbonyl (C=O) groups excluding carboxylic acids is 1. The van der Waals surface area contributed by atoms with Crippen LogP contribution in [-0.4, -0.2) is 10.9 Å². The lowest BCUT2D eigenvalue weighted by Gasteiger charge is -2.02. The van der Waals surface area contributed by atoms with Crippen LogP contribution < -0.4 is 5.32 Å². The lowest BCUT2D eigenvalue weighted by Crippen LogP contribution is -2.11. The van der Waals surface area contributed by atoms with Crippen LogP contribution in [0.25, 0.3) is 21.0 Å². The van der Waals surface area contributed by atoms with Crippen molar-refractivity contribution in [1.29, 1.82) is 0 Å². The Hall–Kier alpha value is -2.76. The van der Waals surface area contributed by atoms with Gasteiger partial charge in [0.05, 0.1) is 9.75 Å². The minimum absolute atomic E-state index is 0.139. The standard InChI is InChI=1S/C21H16N2OS2/c1-14-7-5-10-16(13-14)20(24)23-21-22-18(17-11-6-12-25-17)19(26-21)15-8-3-2-4-9-15/h2-13H,1H3,(H,22,23,24). The minimum Gasteiger partial charge on any atom is -0.298 e. The van der Waals surface area contributed by atoms with Crippen molar-refractivity contribution in [1.82, 2.24) is 4.98 Å². The second kappa shape index (κ2) is 7.23. The van der Waals surface area contributed by atoms with Gasteiger partial charge in [-0.2, -0.15) is 0 Å². The summed E-state index contributed by atoms with van der Waals surface area (Å²) in [6.45, 7) is 1.97.